The monoisotopic (exact) mass is 447 g/mol. The van der Waals surface area contributed by atoms with E-state index >= 15 is 0 Å². The molecule has 8 heteroatoms. The van der Waals surface area contributed by atoms with Gasteiger partial charge in [0, 0.05) is 50.0 Å². The van der Waals surface area contributed by atoms with E-state index in [1.165, 1.54) is 4.57 Å². The van der Waals surface area contributed by atoms with E-state index in [4.69, 9.17) is 5.11 Å². The Morgan fingerprint density at radius 3 is 2.64 bits per heavy atom. The molecule has 8 nitrogen and oxygen atoms in total. The van der Waals surface area contributed by atoms with Gasteiger partial charge in [0.1, 0.15) is 6.33 Å². The maximum atomic E-state index is 13.5. The van der Waals surface area contributed by atoms with Crippen LogP contribution in [0.15, 0.2) is 47.5 Å². The molecule has 2 heterocycles. The van der Waals surface area contributed by atoms with Crippen LogP contribution in [0.5, 0.6) is 0 Å². The van der Waals surface area contributed by atoms with Gasteiger partial charge in [-0.25, -0.2) is 4.98 Å². The molecule has 2 aliphatic rings. The number of aryl methyl sites for hydroxylation is 1. The molecule has 0 bridgehead atoms. The predicted molar refractivity (Wildman–Crippen MR) is 128 cm³/mol. The molecule has 3 aromatic rings. The first-order valence-corrected chi connectivity index (χ1v) is 11.5. The van der Waals surface area contributed by atoms with Crippen LogP contribution in [-0.4, -0.2) is 70.8 Å². The van der Waals surface area contributed by atoms with Crippen LogP contribution in [0.4, 0.5) is 5.69 Å². The van der Waals surface area contributed by atoms with Crippen molar-refractivity contribution < 1.29 is 9.90 Å². The van der Waals surface area contributed by atoms with Crippen LogP contribution in [0.25, 0.3) is 16.6 Å². The number of nitrogens with one attached hydrogen (secondary N) is 1. The molecule has 2 N–H and O–H groups in total. The van der Waals surface area contributed by atoms with Crippen molar-refractivity contribution in [2.24, 2.45) is 0 Å². The number of hydrogen-bond acceptors (Lipinski definition) is 6. The zero-order chi connectivity index (χ0) is 22.9. The Bertz CT molecular complexity index is 1240. The average molecular weight is 448 g/mol. The molecule has 5 rings (SSSR count). The summed E-state index contributed by atoms with van der Waals surface area (Å²) in [5, 5.41) is 12.7. The highest BCUT2D eigenvalue weighted by atomic mass is 16.3. The van der Waals surface area contributed by atoms with Crippen molar-refractivity contribution in [3.8, 4) is 5.69 Å². The van der Waals surface area contributed by atoms with Gasteiger partial charge in [-0.15, -0.1) is 0 Å². The molecule has 0 radical (unpaired) electrons. The van der Waals surface area contributed by atoms with E-state index < -0.39 is 0 Å². The fourth-order valence-electron chi connectivity index (χ4n) is 4.36. The third-order valence-electron chi connectivity index (χ3n) is 6.54. The van der Waals surface area contributed by atoms with Crippen LogP contribution < -0.4 is 15.8 Å². The highest BCUT2D eigenvalue weighted by Gasteiger charge is 2.24. The number of aliphatic hydroxyl groups is 1. The summed E-state index contributed by atoms with van der Waals surface area (Å²) >= 11 is 0. The summed E-state index contributed by atoms with van der Waals surface area (Å²) in [6, 6.07) is 11.5. The predicted octanol–water partition coefficient (Wildman–Crippen LogP) is 1.70. The maximum Gasteiger partial charge on any atom is 0.265 e. The number of piperazine rings is 1. The Hall–Kier alpha value is -3.23. The minimum absolute atomic E-state index is 0.108. The van der Waals surface area contributed by atoms with Crippen LogP contribution in [-0.2, 0) is 0 Å². The topological polar surface area (TPSA) is 90.7 Å². The minimum atomic E-state index is -0.149. The van der Waals surface area contributed by atoms with Gasteiger partial charge in [-0.3, -0.25) is 19.1 Å². The Morgan fingerprint density at radius 1 is 1.12 bits per heavy atom. The third-order valence-corrected chi connectivity index (χ3v) is 6.54. The summed E-state index contributed by atoms with van der Waals surface area (Å²) in [6.45, 7) is 6.24. The Balaban J connectivity index is 1.47. The van der Waals surface area contributed by atoms with Crippen molar-refractivity contribution in [3.63, 3.8) is 0 Å². The normalized spacial score (nSPS) is 16.8. The van der Waals surface area contributed by atoms with E-state index in [0.29, 0.717) is 28.7 Å². The van der Waals surface area contributed by atoms with E-state index in [9.17, 15) is 9.59 Å². The summed E-state index contributed by atoms with van der Waals surface area (Å²) in [7, 11) is 0. The van der Waals surface area contributed by atoms with Crippen molar-refractivity contribution in [2.45, 2.75) is 25.8 Å². The van der Waals surface area contributed by atoms with Crippen molar-refractivity contribution in [2.75, 3.05) is 44.2 Å². The molecule has 1 aliphatic carbocycles. The quantitative estimate of drug-likeness (QED) is 0.598. The number of carbonyl (C=O) groups is 1. The lowest BCUT2D eigenvalue weighted by Gasteiger charge is -2.35. The molecule has 1 aliphatic heterocycles. The van der Waals surface area contributed by atoms with Gasteiger partial charge < -0.3 is 15.3 Å². The fourth-order valence-corrected chi connectivity index (χ4v) is 4.36. The van der Waals surface area contributed by atoms with Crippen molar-refractivity contribution >= 4 is 22.5 Å². The van der Waals surface area contributed by atoms with Crippen LogP contribution in [0.2, 0.25) is 0 Å². The molecule has 1 amide bonds. The van der Waals surface area contributed by atoms with Gasteiger partial charge in [-0.05, 0) is 55.7 Å². The molecule has 0 spiro atoms. The zero-order valence-electron chi connectivity index (χ0n) is 18.8. The highest BCUT2D eigenvalue weighted by molar-refractivity contribution is 5.95. The number of amides is 1. The third kappa shape index (κ3) is 4.49. The standard InChI is InChI=1S/C25H29N5O3/c1-17-2-3-18(24(32)27-19-4-5-19)14-23(17)30-16-26-22-7-6-20(15-21(22)25(30)33)29-10-8-28(9-11-29)12-13-31/h2-3,6-7,14-16,19,31H,4-5,8-13H2,1H3,(H,27,32). The van der Waals surface area contributed by atoms with Crippen LogP contribution in [0.1, 0.15) is 28.8 Å². The number of β-amino-alcohol motifs (C(OH)–C–C–N with tert-alkyl or cyclic N) is 1. The average Bonchev–Trinajstić information content (AvgIpc) is 3.64. The fraction of sp³-hybridized carbons (Fsp3) is 0.400. The second-order valence-corrected chi connectivity index (χ2v) is 8.92. The first kappa shape index (κ1) is 21.6. The molecule has 172 valence electrons. The number of fused-ring (bicyclic) bond motifs is 1. The molecule has 2 fully saturated rings. The summed E-state index contributed by atoms with van der Waals surface area (Å²) in [4.78, 5) is 35.0. The number of rotatable bonds is 6. The number of carbonyl (C=O) groups excluding carboxylic acids is 1. The second kappa shape index (κ2) is 8.96. The summed E-state index contributed by atoms with van der Waals surface area (Å²) in [5.74, 6) is -0.108. The Labute approximate surface area is 192 Å². The van der Waals surface area contributed by atoms with Crippen molar-refractivity contribution in [1.82, 2.24) is 19.8 Å². The second-order valence-electron chi connectivity index (χ2n) is 8.92. The lowest BCUT2D eigenvalue weighted by Crippen LogP contribution is -2.47. The SMILES string of the molecule is Cc1ccc(C(=O)NC2CC2)cc1-n1cnc2ccc(N3CCN(CCO)CC3)cc2c1=O. The molecule has 33 heavy (non-hydrogen) atoms. The molecule has 0 unspecified atom stereocenters. The van der Waals surface area contributed by atoms with Crippen LogP contribution >= 0.6 is 0 Å². The minimum Gasteiger partial charge on any atom is -0.395 e. The number of anilines is 1. The number of aromatic nitrogens is 2. The number of benzene rings is 2. The van der Waals surface area contributed by atoms with Gasteiger partial charge >= 0.3 is 0 Å². The van der Waals surface area contributed by atoms with E-state index in [0.717, 1.165) is 50.3 Å². The maximum absolute atomic E-state index is 13.5. The molecule has 0 atom stereocenters. The number of hydrogen-bond donors (Lipinski definition) is 2. The van der Waals surface area contributed by atoms with E-state index in [1.54, 1.807) is 18.5 Å². The number of nitrogens with zero attached hydrogens (tertiary/aromatic N) is 4. The van der Waals surface area contributed by atoms with Crippen LogP contribution in [0, 0.1) is 6.92 Å². The molecular weight excluding hydrogens is 418 g/mol. The van der Waals surface area contributed by atoms with Gasteiger partial charge in [0.05, 0.1) is 23.2 Å². The van der Waals surface area contributed by atoms with Gasteiger partial charge in [0.25, 0.3) is 11.5 Å². The van der Waals surface area contributed by atoms with E-state index in [2.05, 4.69) is 20.1 Å². The van der Waals surface area contributed by atoms with Crippen molar-refractivity contribution in [3.05, 3.63) is 64.2 Å². The molecule has 1 saturated carbocycles. The van der Waals surface area contributed by atoms with Gasteiger partial charge in [0.15, 0.2) is 0 Å². The summed E-state index contributed by atoms with van der Waals surface area (Å²) < 4.78 is 1.54. The Kier molecular flexibility index (Phi) is 5.86. The van der Waals surface area contributed by atoms with Gasteiger partial charge in [-0.2, -0.15) is 0 Å². The first-order chi connectivity index (χ1) is 16.0. The molecule has 1 saturated heterocycles. The first-order valence-electron chi connectivity index (χ1n) is 11.5. The molecule has 1 aromatic heterocycles. The smallest absolute Gasteiger partial charge is 0.265 e. The zero-order valence-corrected chi connectivity index (χ0v) is 18.8. The van der Waals surface area contributed by atoms with E-state index in [1.807, 2.05) is 31.2 Å². The van der Waals surface area contributed by atoms with E-state index in [-0.39, 0.29) is 24.1 Å². The van der Waals surface area contributed by atoms with Gasteiger partial charge in [-0.1, -0.05) is 6.07 Å². The van der Waals surface area contributed by atoms with Gasteiger partial charge in [0.2, 0.25) is 0 Å². The molecular formula is C25H29N5O3. The van der Waals surface area contributed by atoms with Crippen molar-refractivity contribution in [1.29, 1.82) is 0 Å². The van der Waals surface area contributed by atoms with Crippen LogP contribution in [0.3, 0.4) is 0 Å². The summed E-state index contributed by atoms with van der Waals surface area (Å²) in [6.07, 6.45) is 3.59. The largest absolute Gasteiger partial charge is 0.395 e. The lowest BCUT2D eigenvalue weighted by atomic mass is 10.1. The lowest BCUT2D eigenvalue weighted by molar-refractivity contribution is 0.0951. The molecule has 2 aromatic carbocycles. The number of aliphatic hydroxyl groups excluding tert-OH is 1. The highest BCUT2D eigenvalue weighted by Crippen LogP contribution is 2.23. The summed E-state index contributed by atoms with van der Waals surface area (Å²) in [5.41, 5.74) is 3.61. The Morgan fingerprint density at radius 2 is 1.91 bits per heavy atom.